The number of benzene rings is 1. The van der Waals surface area contributed by atoms with Gasteiger partial charge in [0.2, 0.25) is 0 Å². The Morgan fingerprint density at radius 1 is 1.17 bits per heavy atom. The molecule has 1 aliphatic rings. The minimum absolute atomic E-state index is 0.164. The standard InChI is InChI=1S/C13H16O3.C2H6/c14-12-7-5-9(6-8-13(15)16)10-3-1-2-4-11(10)12;1-2/h5,7,14H,1-4,6,8H2,(H,15,16);1-2H3. The van der Waals surface area contributed by atoms with Crippen LogP contribution < -0.4 is 0 Å². The van der Waals surface area contributed by atoms with Crippen LogP contribution in [-0.4, -0.2) is 16.2 Å². The Labute approximate surface area is 108 Å². The predicted octanol–water partition coefficient (Wildman–Crippen LogP) is 3.31. The fourth-order valence-electron chi connectivity index (χ4n) is 2.40. The van der Waals surface area contributed by atoms with E-state index in [0.717, 1.165) is 36.8 Å². The summed E-state index contributed by atoms with van der Waals surface area (Å²) in [5.74, 6) is -0.397. The summed E-state index contributed by atoms with van der Waals surface area (Å²) in [4.78, 5) is 10.6. The van der Waals surface area contributed by atoms with E-state index in [1.165, 1.54) is 5.56 Å². The number of aryl methyl sites for hydroxylation is 1. The first-order valence-electron chi connectivity index (χ1n) is 6.73. The van der Waals surface area contributed by atoms with E-state index in [1.807, 2.05) is 19.9 Å². The Kier molecular flexibility index (Phi) is 5.69. The molecule has 0 saturated carbocycles. The van der Waals surface area contributed by atoms with Crippen molar-refractivity contribution < 1.29 is 15.0 Å². The zero-order valence-electron chi connectivity index (χ0n) is 11.2. The fourth-order valence-corrected chi connectivity index (χ4v) is 2.40. The molecular formula is C15H22O3. The molecule has 0 amide bonds. The first kappa shape index (κ1) is 14.6. The van der Waals surface area contributed by atoms with Gasteiger partial charge in [0, 0.05) is 6.42 Å². The van der Waals surface area contributed by atoms with Crippen LogP contribution in [0.5, 0.6) is 5.75 Å². The minimum atomic E-state index is -0.766. The molecular weight excluding hydrogens is 228 g/mol. The monoisotopic (exact) mass is 250 g/mol. The van der Waals surface area contributed by atoms with E-state index in [4.69, 9.17) is 5.11 Å². The van der Waals surface area contributed by atoms with Gasteiger partial charge in [-0.2, -0.15) is 0 Å². The first-order valence-corrected chi connectivity index (χ1v) is 6.73. The highest BCUT2D eigenvalue weighted by molar-refractivity contribution is 5.67. The van der Waals surface area contributed by atoms with Gasteiger partial charge in [0.1, 0.15) is 5.75 Å². The molecule has 100 valence electrons. The van der Waals surface area contributed by atoms with E-state index in [9.17, 15) is 9.90 Å². The number of carbonyl (C=O) groups is 1. The quantitative estimate of drug-likeness (QED) is 0.865. The maximum absolute atomic E-state index is 10.6. The molecule has 0 radical (unpaired) electrons. The van der Waals surface area contributed by atoms with E-state index in [1.54, 1.807) is 6.07 Å². The largest absolute Gasteiger partial charge is 0.508 e. The highest BCUT2D eigenvalue weighted by Gasteiger charge is 2.16. The van der Waals surface area contributed by atoms with E-state index in [0.29, 0.717) is 12.2 Å². The van der Waals surface area contributed by atoms with E-state index in [-0.39, 0.29) is 6.42 Å². The summed E-state index contributed by atoms with van der Waals surface area (Å²) in [5, 5.41) is 18.4. The molecule has 2 N–H and O–H groups in total. The summed E-state index contributed by atoms with van der Waals surface area (Å²) < 4.78 is 0. The van der Waals surface area contributed by atoms with Gasteiger partial charge in [0.25, 0.3) is 0 Å². The van der Waals surface area contributed by atoms with Gasteiger partial charge in [-0.1, -0.05) is 19.9 Å². The molecule has 1 aromatic carbocycles. The molecule has 0 bridgehead atoms. The summed E-state index contributed by atoms with van der Waals surface area (Å²) in [6, 6.07) is 3.56. The molecule has 0 spiro atoms. The molecule has 2 rings (SSSR count). The summed E-state index contributed by atoms with van der Waals surface area (Å²) in [5.41, 5.74) is 3.32. The van der Waals surface area contributed by atoms with Gasteiger partial charge in [0.05, 0.1) is 0 Å². The number of rotatable bonds is 3. The van der Waals surface area contributed by atoms with Crippen LogP contribution in [0.3, 0.4) is 0 Å². The van der Waals surface area contributed by atoms with Crippen LogP contribution in [0.1, 0.15) is 49.8 Å². The lowest BCUT2D eigenvalue weighted by atomic mass is 9.86. The zero-order valence-corrected chi connectivity index (χ0v) is 11.2. The van der Waals surface area contributed by atoms with Gasteiger partial charge < -0.3 is 10.2 Å². The van der Waals surface area contributed by atoms with Gasteiger partial charge in [-0.25, -0.2) is 0 Å². The van der Waals surface area contributed by atoms with Crippen molar-refractivity contribution in [2.75, 3.05) is 0 Å². The number of fused-ring (bicyclic) bond motifs is 1. The maximum atomic E-state index is 10.6. The second-order valence-electron chi connectivity index (χ2n) is 4.30. The number of carboxylic acids is 1. The molecule has 0 unspecified atom stereocenters. The van der Waals surface area contributed by atoms with E-state index in [2.05, 4.69) is 0 Å². The van der Waals surface area contributed by atoms with Crippen molar-refractivity contribution in [2.45, 2.75) is 52.4 Å². The van der Waals surface area contributed by atoms with Gasteiger partial charge in [0.15, 0.2) is 0 Å². The zero-order chi connectivity index (χ0) is 13.5. The van der Waals surface area contributed by atoms with Crippen LogP contribution >= 0.6 is 0 Å². The molecule has 0 saturated heterocycles. The Hall–Kier alpha value is -1.51. The van der Waals surface area contributed by atoms with Crippen molar-refractivity contribution in [1.82, 2.24) is 0 Å². The molecule has 3 nitrogen and oxygen atoms in total. The molecule has 18 heavy (non-hydrogen) atoms. The van der Waals surface area contributed by atoms with Crippen molar-refractivity contribution in [3.05, 3.63) is 28.8 Å². The Balaban J connectivity index is 0.000000771. The molecule has 0 fully saturated rings. The number of phenolic OH excluding ortho intramolecular Hbond substituents is 1. The maximum Gasteiger partial charge on any atom is 0.303 e. The Morgan fingerprint density at radius 3 is 2.39 bits per heavy atom. The van der Waals surface area contributed by atoms with Crippen LogP contribution in [0.4, 0.5) is 0 Å². The van der Waals surface area contributed by atoms with Gasteiger partial charge in [-0.15, -0.1) is 0 Å². The third kappa shape index (κ3) is 3.49. The van der Waals surface area contributed by atoms with E-state index >= 15 is 0 Å². The predicted molar refractivity (Wildman–Crippen MR) is 72.1 cm³/mol. The van der Waals surface area contributed by atoms with Crippen molar-refractivity contribution in [3.8, 4) is 5.75 Å². The highest BCUT2D eigenvalue weighted by Crippen LogP contribution is 2.31. The lowest BCUT2D eigenvalue weighted by Crippen LogP contribution is -2.08. The summed E-state index contributed by atoms with van der Waals surface area (Å²) in [7, 11) is 0. The average Bonchev–Trinajstić information content (AvgIpc) is 2.40. The van der Waals surface area contributed by atoms with Crippen molar-refractivity contribution in [3.63, 3.8) is 0 Å². The van der Waals surface area contributed by atoms with Gasteiger partial charge in [-0.05, 0) is 54.9 Å². The molecule has 0 atom stereocenters. The molecule has 1 aromatic rings. The second kappa shape index (κ2) is 7.04. The third-order valence-electron chi connectivity index (χ3n) is 3.22. The van der Waals surface area contributed by atoms with Crippen LogP contribution in [0, 0.1) is 0 Å². The lowest BCUT2D eigenvalue weighted by Gasteiger charge is -2.20. The number of aromatic hydroxyl groups is 1. The third-order valence-corrected chi connectivity index (χ3v) is 3.22. The molecule has 0 aliphatic heterocycles. The minimum Gasteiger partial charge on any atom is -0.508 e. The second-order valence-corrected chi connectivity index (χ2v) is 4.30. The number of hydrogen-bond acceptors (Lipinski definition) is 2. The van der Waals surface area contributed by atoms with Crippen LogP contribution in [0.15, 0.2) is 12.1 Å². The van der Waals surface area contributed by atoms with Crippen LogP contribution in [-0.2, 0) is 24.1 Å². The van der Waals surface area contributed by atoms with Crippen molar-refractivity contribution in [1.29, 1.82) is 0 Å². The van der Waals surface area contributed by atoms with Gasteiger partial charge >= 0.3 is 5.97 Å². The fraction of sp³-hybridized carbons (Fsp3) is 0.533. The number of carboxylic acid groups (broad SMARTS) is 1. The summed E-state index contributed by atoms with van der Waals surface area (Å²) in [6.07, 6.45) is 4.87. The molecule has 3 heteroatoms. The first-order chi connectivity index (χ1) is 8.68. The van der Waals surface area contributed by atoms with Gasteiger partial charge in [-0.3, -0.25) is 4.79 Å². The smallest absolute Gasteiger partial charge is 0.303 e. The highest BCUT2D eigenvalue weighted by atomic mass is 16.4. The van der Waals surface area contributed by atoms with Crippen molar-refractivity contribution >= 4 is 5.97 Å². The lowest BCUT2D eigenvalue weighted by molar-refractivity contribution is -0.136. The summed E-state index contributed by atoms with van der Waals surface area (Å²) >= 11 is 0. The number of phenols is 1. The Morgan fingerprint density at radius 2 is 1.78 bits per heavy atom. The Bertz CT molecular complexity index is 410. The van der Waals surface area contributed by atoms with E-state index < -0.39 is 5.97 Å². The summed E-state index contributed by atoms with van der Waals surface area (Å²) in [6.45, 7) is 4.00. The SMILES string of the molecule is CC.O=C(O)CCc1ccc(O)c2c1CCCC2. The number of aliphatic carboxylic acids is 1. The van der Waals surface area contributed by atoms with Crippen LogP contribution in [0.2, 0.25) is 0 Å². The van der Waals surface area contributed by atoms with Crippen molar-refractivity contribution in [2.24, 2.45) is 0 Å². The topological polar surface area (TPSA) is 57.5 Å². The molecule has 1 aliphatic carbocycles. The van der Waals surface area contributed by atoms with Crippen LogP contribution in [0.25, 0.3) is 0 Å². The molecule has 0 heterocycles. The number of hydrogen-bond donors (Lipinski definition) is 2. The molecule has 0 aromatic heterocycles. The normalized spacial score (nSPS) is 13.2. The average molecular weight is 250 g/mol.